The highest BCUT2D eigenvalue weighted by molar-refractivity contribution is 4.81. The van der Waals surface area contributed by atoms with Gasteiger partial charge in [0.2, 0.25) is 0 Å². The van der Waals surface area contributed by atoms with Crippen molar-refractivity contribution in [1.82, 2.24) is 0 Å². The molecule has 0 radical (unpaired) electrons. The summed E-state index contributed by atoms with van der Waals surface area (Å²) in [5, 5.41) is 0. The molecule has 0 amide bonds. The van der Waals surface area contributed by atoms with Gasteiger partial charge in [0.1, 0.15) is 6.10 Å². The molecular formula is C18H30O4. The van der Waals surface area contributed by atoms with Crippen molar-refractivity contribution in [3.8, 4) is 0 Å². The molecule has 0 saturated carbocycles. The van der Waals surface area contributed by atoms with Crippen LogP contribution in [0, 0.1) is 0 Å². The fourth-order valence-corrected chi connectivity index (χ4v) is 1.86. The Morgan fingerprint density at radius 3 is 1.64 bits per heavy atom. The van der Waals surface area contributed by atoms with Crippen molar-refractivity contribution in [2.24, 2.45) is 0 Å². The van der Waals surface area contributed by atoms with Gasteiger partial charge in [0, 0.05) is 0 Å². The maximum Gasteiger partial charge on any atom is 0.311 e. The topological polar surface area (TPSA) is 36.9 Å². The van der Waals surface area contributed by atoms with E-state index < -0.39 is 5.97 Å². The lowest BCUT2D eigenvalue weighted by molar-refractivity contribution is -0.409. The molecule has 22 heavy (non-hydrogen) atoms. The van der Waals surface area contributed by atoms with Crippen LogP contribution >= 0.6 is 0 Å². The van der Waals surface area contributed by atoms with Gasteiger partial charge in [-0.2, -0.15) is 0 Å². The van der Waals surface area contributed by atoms with Crippen molar-refractivity contribution in [2.75, 3.05) is 26.4 Å². The zero-order valence-electron chi connectivity index (χ0n) is 13.8. The first-order valence-electron chi connectivity index (χ1n) is 7.67. The van der Waals surface area contributed by atoms with Crippen molar-refractivity contribution < 1.29 is 18.9 Å². The van der Waals surface area contributed by atoms with E-state index in [2.05, 4.69) is 33.2 Å². The standard InChI is InChI=1S/C18H30O4/c1-6-11-12-17(19-13-7-2)18(20-14-8-3,21-15-9-4)22-16-10-5/h7-10,17H,2-6,11-16H2,1H3. The van der Waals surface area contributed by atoms with E-state index >= 15 is 0 Å². The first-order valence-corrected chi connectivity index (χ1v) is 7.67. The number of rotatable bonds is 16. The van der Waals surface area contributed by atoms with Crippen molar-refractivity contribution in [2.45, 2.75) is 38.3 Å². The number of hydrogen-bond acceptors (Lipinski definition) is 4. The van der Waals surface area contributed by atoms with Gasteiger partial charge in [-0.1, -0.05) is 44.1 Å². The van der Waals surface area contributed by atoms with Crippen molar-refractivity contribution in [3.05, 3.63) is 50.6 Å². The highest BCUT2D eigenvalue weighted by atomic mass is 16.9. The average molecular weight is 310 g/mol. The molecule has 0 heterocycles. The van der Waals surface area contributed by atoms with Gasteiger partial charge >= 0.3 is 5.97 Å². The predicted octanol–water partition coefficient (Wildman–Crippen LogP) is 4.01. The summed E-state index contributed by atoms with van der Waals surface area (Å²) in [5.74, 6) is -1.31. The molecule has 0 aliphatic rings. The van der Waals surface area contributed by atoms with Gasteiger partial charge in [-0.15, -0.1) is 26.3 Å². The Morgan fingerprint density at radius 1 is 0.818 bits per heavy atom. The summed E-state index contributed by atoms with van der Waals surface area (Å²) in [6.07, 6.45) is 9.00. The summed E-state index contributed by atoms with van der Waals surface area (Å²) in [6.45, 7) is 18.1. The molecule has 0 aliphatic carbocycles. The van der Waals surface area contributed by atoms with Crippen molar-refractivity contribution in [3.63, 3.8) is 0 Å². The SMILES string of the molecule is C=CCOC(CCCC)C(OCC=C)(OCC=C)OCC=C. The molecule has 1 unspecified atom stereocenters. The molecule has 0 aromatic rings. The highest BCUT2D eigenvalue weighted by Gasteiger charge is 2.43. The van der Waals surface area contributed by atoms with Crippen LogP contribution in [0.15, 0.2) is 50.6 Å². The molecule has 0 aliphatic heterocycles. The minimum Gasteiger partial charge on any atom is -0.366 e. The Bertz CT molecular complexity index is 294. The number of ether oxygens (including phenoxy) is 4. The lowest BCUT2D eigenvalue weighted by Crippen LogP contribution is -2.51. The normalized spacial score (nSPS) is 12.6. The molecule has 4 nitrogen and oxygen atoms in total. The van der Waals surface area contributed by atoms with Crippen LogP contribution < -0.4 is 0 Å². The van der Waals surface area contributed by atoms with Gasteiger partial charge < -0.3 is 18.9 Å². The first kappa shape index (κ1) is 20.8. The quantitative estimate of drug-likeness (QED) is 0.319. The van der Waals surface area contributed by atoms with E-state index in [0.29, 0.717) is 6.61 Å². The minimum absolute atomic E-state index is 0.286. The monoisotopic (exact) mass is 310 g/mol. The van der Waals surface area contributed by atoms with Crippen LogP contribution in [0.4, 0.5) is 0 Å². The summed E-state index contributed by atoms with van der Waals surface area (Å²) in [7, 11) is 0. The molecule has 0 fully saturated rings. The summed E-state index contributed by atoms with van der Waals surface area (Å²) in [6, 6.07) is 0. The fourth-order valence-electron chi connectivity index (χ4n) is 1.86. The lowest BCUT2D eigenvalue weighted by Gasteiger charge is -2.38. The van der Waals surface area contributed by atoms with E-state index in [9.17, 15) is 0 Å². The number of hydrogen-bond donors (Lipinski definition) is 0. The van der Waals surface area contributed by atoms with Crippen LogP contribution in [0.25, 0.3) is 0 Å². The Balaban J connectivity index is 5.29. The molecule has 0 aromatic heterocycles. The van der Waals surface area contributed by atoms with Crippen LogP contribution in [0.3, 0.4) is 0 Å². The molecule has 0 rings (SSSR count). The Morgan fingerprint density at radius 2 is 1.27 bits per heavy atom. The second kappa shape index (κ2) is 13.5. The van der Waals surface area contributed by atoms with E-state index in [1.54, 1.807) is 24.3 Å². The second-order valence-electron chi connectivity index (χ2n) is 4.66. The molecule has 0 aromatic carbocycles. The Hall–Kier alpha value is -1.20. The molecule has 0 spiro atoms. The van der Waals surface area contributed by atoms with E-state index in [1.165, 1.54) is 0 Å². The van der Waals surface area contributed by atoms with Gasteiger partial charge in [0.25, 0.3) is 0 Å². The first-order chi connectivity index (χ1) is 10.7. The minimum atomic E-state index is -1.31. The summed E-state index contributed by atoms with van der Waals surface area (Å²) < 4.78 is 23.3. The van der Waals surface area contributed by atoms with E-state index in [1.807, 2.05) is 0 Å². The van der Waals surface area contributed by atoms with Crippen LogP contribution in [-0.4, -0.2) is 38.5 Å². The maximum absolute atomic E-state index is 5.85. The van der Waals surface area contributed by atoms with Crippen LogP contribution in [0.5, 0.6) is 0 Å². The second-order valence-corrected chi connectivity index (χ2v) is 4.66. The number of unbranched alkanes of at least 4 members (excludes halogenated alkanes) is 1. The molecule has 0 bridgehead atoms. The van der Waals surface area contributed by atoms with Gasteiger partial charge in [0.15, 0.2) is 0 Å². The zero-order chi connectivity index (χ0) is 16.7. The lowest BCUT2D eigenvalue weighted by atomic mass is 10.1. The van der Waals surface area contributed by atoms with Crippen LogP contribution in [-0.2, 0) is 18.9 Å². The third-order valence-electron chi connectivity index (χ3n) is 2.84. The fraction of sp³-hybridized carbons (Fsp3) is 0.556. The smallest absolute Gasteiger partial charge is 0.311 e. The van der Waals surface area contributed by atoms with E-state index in [-0.39, 0.29) is 25.9 Å². The van der Waals surface area contributed by atoms with E-state index in [0.717, 1.165) is 19.3 Å². The average Bonchev–Trinajstić information content (AvgIpc) is 2.55. The molecule has 0 saturated heterocycles. The van der Waals surface area contributed by atoms with Crippen LogP contribution in [0.1, 0.15) is 26.2 Å². The Kier molecular flexibility index (Phi) is 12.7. The van der Waals surface area contributed by atoms with Crippen molar-refractivity contribution in [1.29, 1.82) is 0 Å². The zero-order valence-corrected chi connectivity index (χ0v) is 13.8. The van der Waals surface area contributed by atoms with Gasteiger partial charge in [0.05, 0.1) is 26.4 Å². The van der Waals surface area contributed by atoms with E-state index in [4.69, 9.17) is 18.9 Å². The van der Waals surface area contributed by atoms with Gasteiger partial charge in [-0.3, -0.25) is 0 Å². The van der Waals surface area contributed by atoms with Gasteiger partial charge in [-0.05, 0) is 6.42 Å². The van der Waals surface area contributed by atoms with Crippen molar-refractivity contribution >= 4 is 0 Å². The maximum atomic E-state index is 5.85. The third kappa shape index (κ3) is 7.71. The predicted molar refractivity (Wildman–Crippen MR) is 90.6 cm³/mol. The molecule has 1 atom stereocenters. The highest BCUT2D eigenvalue weighted by Crippen LogP contribution is 2.27. The molecular weight excluding hydrogens is 280 g/mol. The third-order valence-corrected chi connectivity index (χ3v) is 2.84. The largest absolute Gasteiger partial charge is 0.366 e. The summed E-state index contributed by atoms with van der Waals surface area (Å²) >= 11 is 0. The molecule has 0 N–H and O–H groups in total. The Labute approximate surface area is 135 Å². The van der Waals surface area contributed by atoms with Gasteiger partial charge in [-0.25, -0.2) is 0 Å². The molecule has 126 valence electrons. The summed E-state index contributed by atoms with van der Waals surface area (Å²) in [4.78, 5) is 0. The van der Waals surface area contributed by atoms with Crippen LogP contribution in [0.2, 0.25) is 0 Å². The molecule has 4 heteroatoms. The summed E-state index contributed by atoms with van der Waals surface area (Å²) in [5.41, 5.74) is 0.